The minimum Gasteiger partial charge on any atom is -0.493 e. The van der Waals surface area contributed by atoms with Crippen LogP contribution in [0.3, 0.4) is 0 Å². The van der Waals surface area contributed by atoms with Crippen molar-refractivity contribution in [3.05, 3.63) is 32.9 Å². The number of halogens is 1. The lowest BCUT2D eigenvalue weighted by atomic mass is 9.88. The van der Waals surface area contributed by atoms with Crippen LogP contribution >= 0.6 is 22.6 Å². The summed E-state index contributed by atoms with van der Waals surface area (Å²) in [6, 6.07) is 2.41. The molecule has 0 spiro atoms. The molecular formula is C26H37IN2O8. The molecule has 0 aliphatic heterocycles. The van der Waals surface area contributed by atoms with Crippen LogP contribution in [0.1, 0.15) is 49.4 Å². The van der Waals surface area contributed by atoms with Gasteiger partial charge < -0.3 is 34.6 Å². The number of hydrogen-bond donors (Lipinski definition) is 3. The number of unbranched alkanes of at least 4 members (excludes halogenated alkanes) is 3. The second-order valence-electron chi connectivity index (χ2n) is 8.75. The van der Waals surface area contributed by atoms with Gasteiger partial charge in [-0.1, -0.05) is 26.2 Å². The van der Waals surface area contributed by atoms with Crippen molar-refractivity contribution >= 4 is 40.7 Å². The van der Waals surface area contributed by atoms with E-state index >= 15 is 0 Å². The summed E-state index contributed by atoms with van der Waals surface area (Å²) in [5.41, 5.74) is 0.731. The van der Waals surface area contributed by atoms with Crippen molar-refractivity contribution in [1.82, 2.24) is 10.2 Å². The number of aliphatic hydroxyl groups excluding tert-OH is 2. The number of rotatable bonds is 15. The second kappa shape index (κ2) is 15.9. The Morgan fingerprint density at radius 3 is 2.62 bits per heavy atom. The van der Waals surface area contributed by atoms with E-state index in [9.17, 15) is 19.5 Å². The van der Waals surface area contributed by atoms with Gasteiger partial charge in [0.1, 0.15) is 25.1 Å². The Bertz CT molecular complexity index is 955. The van der Waals surface area contributed by atoms with Gasteiger partial charge in [0.15, 0.2) is 11.5 Å². The maximum absolute atomic E-state index is 13.0. The van der Waals surface area contributed by atoms with Crippen LogP contribution in [-0.4, -0.2) is 92.0 Å². The number of ether oxygens (including phenoxy) is 3. The van der Waals surface area contributed by atoms with Crippen molar-refractivity contribution in [2.45, 2.75) is 57.3 Å². The zero-order valence-electron chi connectivity index (χ0n) is 21.6. The van der Waals surface area contributed by atoms with E-state index in [1.54, 1.807) is 11.0 Å². The summed E-state index contributed by atoms with van der Waals surface area (Å²) in [7, 11) is 2.87. The third-order valence-corrected chi connectivity index (χ3v) is 6.90. The van der Waals surface area contributed by atoms with E-state index in [-0.39, 0.29) is 32.1 Å². The van der Waals surface area contributed by atoms with Gasteiger partial charge in [-0.3, -0.25) is 14.4 Å². The molecular weight excluding hydrogens is 595 g/mol. The summed E-state index contributed by atoms with van der Waals surface area (Å²) in [6.07, 6.45) is 3.92. The lowest BCUT2D eigenvalue weighted by Gasteiger charge is -2.40. The first kappa shape index (κ1) is 31.0. The zero-order valence-corrected chi connectivity index (χ0v) is 23.7. The van der Waals surface area contributed by atoms with E-state index in [2.05, 4.69) is 12.2 Å². The van der Waals surface area contributed by atoms with Gasteiger partial charge in [-0.25, -0.2) is 0 Å². The normalized spacial score (nSPS) is 19.1. The molecule has 0 radical (unpaired) electrons. The van der Waals surface area contributed by atoms with Crippen molar-refractivity contribution in [1.29, 1.82) is 0 Å². The summed E-state index contributed by atoms with van der Waals surface area (Å²) in [6.45, 7) is 2.19. The third kappa shape index (κ3) is 8.66. The number of carbonyl (C=O) groups excluding carboxylic acids is 3. The van der Waals surface area contributed by atoms with Gasteiger partial charge in [0.25, 0.3) is 0 Å². The number of aldehydes is 1. The molecule has 206 valence electrons. The molecule has 1 aromatic carbocycles. The van der Waals surface area contributed by atoms with E-state index in [0.29, 0.717) is 39.0 Å². The van der Waals surface area contributed by atoms with Crippen molar-refractivity contribution in [3.63, 3.8) is 0 Å². The summed E-state index contributed by atoms with van der Waals surface area (Å²) < 4.78 is 17.3. The first-order valence-electron chi connectivity index (χ1n) is 12.4. The summed E-state index contributed by atoms with van der Waals surface area (Å²) in [5.74, 6) is -0.0960. The molecule has 0 saturated carbocycles. The van der Waals surface area contributed by atoms with E-state index in [1.807, 2.05) is 22.6 Å². The summed E-state index contributed by atoms with van der Waals surface area (Å²) in [4.78, 5) is 38.8. The van der Waals surface area contributed by atoms with Crippen LogP contribution in [-0.2, 0) is 14.3 Å². The number of nitrogens with one attached hydrogen (secondary N) is 1. The molecule has 0 aromatic heterocycles. The molecule has 2 rings (SSSR count). The molecule has 2 amide bonds. The lowest BCUT2D eigenvalue weighted by molar-refractivity contribution is -0.142. The SMILES string of the molecule is CCCCCCN(C(=O)COC)[C@@H]1CC(C(=O)NCCO)=C[C@H](Oc2c(I)cc(C=O)cc2OC)[C@H]1O. The Kier molecular flexibility index (Phi) is 13.3. The van der Waals surface area contributed by atoms with Crippen LogP contribution in [0.2, 0.25) is 0 Å². The monoisotopic (exact) mass is 632 g/mol. The molecule has 37 heavy (non-hydrogen) atoms. The largest absolute Gasteiger partial charge is 0.493 e. The standard InChI is InChI=1S/C26H37IN2O8/c1-4-5-6-7-9-29(23(32)16-35-2)20-13-18(26(34)28-8-10-30)14-21(24(20)33)37-25-19(27)11-17(15-31)12-22(25)36-3/h11-12,14-15,20-21,24,30,33H,4-10,13,16H2,1-3H3,(H,28,34)/t20-,21+,24+/m1/s1. The minimum absolute atomic E-state index is 0.0666. The highest BCUT2D eigenvalue weighted by Gasteiger charge is 2.40. The van der Waals surface area contributed by atoms with Crippen LogP contribution in [0.5, 0.6) is 11.5 Å². The van der Waals surface area contributed by atoms with Crippen molar-refractivity contribution < 1.29 is 38.8 Å². The van der Waals surface area contributed by atoms with Crippen LogP contribution in [0.25, 0.3) is 0 Å². The number of methoxy groups -OCH3 is 2. The molecule has 0 fully saturated rings. The fraction of sp³-hybridized carbons (Fsp3) is 0.577. The van der Waals surface area contributed by atoms with Crippen LogP contribution in [0, 0.1) is 3.57 Å². The van der Waals surface area contributed by atoms with Crippen LogP contribution in [0.15, 0.2) is 23.8 Å². The molecule has 10 nitrogen and oxygen atoms in total. The van der Waals surface area contributed by atoms with Gasteiger partial charge in [-0.05, 0) is 47.2 Å². The highest BCUT2D eigenvalue weighted by molar-refractivity contribution is 14.1. The van der Waals surface area contributed by atoms with Gasteiger partial charge in [-0.15, -0.1) is 0 Å². The van der Waals surface area contributed by atoms with Gasteiger partial charge >= 0.3 is 0 Å². The fourth-order valence-electron chi connectivity index (χ4n) is 4.23. The predicted octanol–water partition coefficient (Wildman–Crippen LogP) is 2.08. The van der Waals surface area contributed by atoms with Crippen LogP contribution in [0.4, 0.5) is 0 Å². The van der Waals surface area contributed by atoms with E-state index < -0.39 is 24.2 Å². The molecule has 0 bridgehead atoms. The average molecular weight is 632 g/mol. The predicted molar refractivity (Wildman–Crippen MR) is 146 cm³/mol. The second-order valence-corrected chi connectivity index (χ2v) is 9.91. The molecule has 11 heteroatoms. The quantitative estimate of drug-likeness (QED) is 0.152. The number of hydrogen-bond acceptors (Lipinski definition) is 8. The lowest BCUT2D eigenvalue weighted by Crippen LogP contribution is -2.56. The van der Waals surface area contributed by atoms with Gasteiger partial charge in [0.2, 0.25) is 11.8 Å². The van der Waals surface area contributed by atoms with Gasteiger partial charge in [0, 0.05) is 37.8 Å². The van der Waals surface area contributed by atoms with E-state index in [1.165, 1.54) is 26.4 Å². The van der Waals surface area contributed by atoms with Crippen molar-refractivity contribution in [2.24, 2.45) is 0 Å². The Balaban J connectivity index is 2.45. The average Bonchev–Trinajstić information content (AvgIpc) is 2.89. The van der Waals surface area contributed by atoms with E-state index in [4.69, 9.17) is 19.3 Å². The number of carbonyl (C=O) groups is 3. The summed E-state index contributed by atoms with van der Waals surface area (Å²) >= 11 is 2.01. The van der Waals surface area contributed by atoms with E-state index in [0.717, 1.165) is 25.7 Å². The number of benzene rings is 1. The van der Waals surface area contributed by atoms with Gasteiger partial charge in [0.05, 0.1) is 23.3 Å². The topological polar surface area (TPSA) is 135 Å². The first-order chi connectivity index (χ1) is 17.8. The van der Waals surface area contributed by atoms with Crippen molar-refractivity contribution in [3.8, 4) is 11.5 Å². The molecule has 0 saturated heterocycles. The number of nitrogens with zero attached hydrogens (tertiary/aromatic N) is 1. The Labute approximate surface area is 231 Å². The Morgan fingerprint density at radius 2 is 2.00 bits per heavy atom. The van der Waals surface area contributed by atoms with Crippen molar-refractivity contribution in [2.75, 3.05) is 40.5 Å². The Morgan fingerprint density at radius 1 is 1.24 bits per heavy atom. The molecule has 3 atom stereocenters. The smallest absolute Gasteiger partial charge is 0.248 e. The third-order valence-electron chi connectivity index (χ3n) is 6.10. The molecule has 3 N–H and O–H groups in total. The molecule has 0 unspecified atom stereocenters. The summed E-state index contributed by atoms with van der Waals surface area (Å²) in [5, 5.41) is 23.2. The molecule has 1 aliphatic carbocycles. The fourth-order valence-corrected chi connectivity index (χ4v) is 4.98. The highest BCUT2D eigenvalue weighted by atomic mass is 127. The van der Waals surface area contributed by atoms with Gasteiger partial charge in [-0.2, -0.15) is 0 Å². The zero-order chi connectivity index (χ0) is 27.4. The molecule has 0 heterocycles. The maximum atomic E-state index is 13.0. The van der Waals surface area contributed by atoms with Crippen LogP contribution < -0.4 is 14.8 Å². The number of aliphatic hydroxyl groups is 2. The number of amides is 2. The first-order valence-corrected chi connectivity index (χ1v) is 13.4. The molecule has 1 aromatic rings. The molecule has 1 aliphatic rings. The Hall–Kier alpha value is -2.22. The maximum Gasteiger partial charge on any atom is 0.248 e. The minimum atomic E-state index is -1.16. The highest BCUT2D eigenvalue weighted by Crippen LogP contribution is 2.37.